The van der Waals surface area contributed by atoms with Gasteiger partial charge in [-0.3, -0.25) is 4.79 Å². The average Bonchev–Trinajstić information content (AvgIpc) is 2.22. The van der Waals surface area contributed by atoms with Crippen molar-refractivity contribution in [3.63, 3.8) is 0 Å². The molecule has 0 saturated heterocycles. The third kappa shape index (κ3) is 3.56. The second kappa shape index (κ2) is 5.32. The molecule has 0 aromatic heterocycles. The van der Waals surface area contributed by atoms with E-state index in [0.717, 1.165) is 5.56 Å². The third-order valence-electron chi connectivity index (χ3n) is 2.15. The van der Waals surface area contributed by atoms with Crippen molar-refractivity contribution in [2.24, 2.45) is 5.73 Å². The highest BCUT2D eigenvalue weighted by Gasteiger charge is 2.11. The summed E-state index contributed by atoms with van der Waals surface area (Å²) >= 11 is 0. The van der Waals surface area contributed by atoms with Gasteiger partial charge in [0.2, 0.25) is 0 Å². The first-order chi connectivity index (χ1) is 7.13. The van der Waals surface area contributed by atoms with E-state index in [1.165, 1.54) is 0 Å². The number of hydrogen-bond donors (Lipinski definition) is 2. The van der Waals surface area contributed by atoms with Gasteiger partial charge in [-0.25, -0.2) is 0 Å². The lowest BCUT2D eigenvalue weighted by Crippen LogP contribution is -2.31. The Hall–Kier alpha value is -1.61. The largest absolute Gasteiger partial charge is 0.508 e. The molecule has 1 aromatic carbocycles. The monoisotopic (exact) mass is 205 g/mol. The van der Waals surface area contributed by atoms with Crippen LogP contribution in [0, 0.1) is 0 Å². The number of rotatable bonds is 5. The van der Waals surface area contributed by atoms with Gasteiger partial charge in [-0.05, 0) is 24.1 Å². The highest BCUT2D eigenvalue weighted by atomic mass is 16.3. The Morgan fingerprint density at radius 1 is 1.47 bits per heavy atom. The zero-order chi connectivity index (χ0) is 11.3. The molecule has 1 aromatic rings. The summed E-state index contributed by atoms with van der Waals surface area (Å²) in [7, 11) is 0. The van der Waals surface area contributed by atoms with Crippen molar-refractivity contribution in [1.29, 1.82) is 0 Å². The van der Waals surface area contributed by atoms with Crippen LogP contribution in [-0.2, 0) is 11.2 Å². The maximum Gasteiger partial charge on any atom is 0.154 e. The summed E-state index contributed by atoms with van der Waals surface area (Å²) in [6.07, 6.45) is 2.44. The summed E-state index contributed by atoms with van der Waals surface area (Å²) < 4.78 is 0. The van der Waals surface area contributed by atoms with Gasteiger partial charge in [0.1, 0.15) is 5.75 Å². The fourth-order valence-corrected chi connectivity index (χ4v) is 1.26. The summed E-state index contributed by atoms with van der Waals surface area (Å²) in [5.41, 5.74) is 6.49. The van der Waals surface area contributed by atoms with Gasteiger partial charge in [-0.1, -0.05) is 18.2 Å². The highest BCUT2D eigenvalue weighted by Crippen LogP contribution is 2.11. The summed E-state index contributed by atoms with van der Waals surface area (Å²) in [6.45, 7) is 3.54. The predicted molar refractivity (Wildman–Crippen MR) is 59.6 cm³/mol. The standard InChI is InChI=1S/C12H15NO2/c1-2-3-11(13)12(15)8-9-4-6-10(14)7-5-9/h2,4-7,11,14H,1,3,8,13H2. The molecule has 1 atom stereocenters. The third-order valence-corrected chi connectivity index (χ3v) is 2.15. The molecule has 3 heteroatoms. The van der Waals surface area contributed by atoms with E-state index in [-0.39, 0.29) is 11.5 Å². The number of benzene rings is 1. The van der Waals surface area contributed by atoms with Crippen molar-refractivity contribution in [2.45, 2.75) is 18.9 Å². The maximum atomic E-state index is 11.6. The molecule has 0 spiro atoms. The lowest BCUT2D eigenvalue weighted by molar-refractivity contribution is -0.119. The molecule has 0 radical (unpaired) electrons. The maximum absolute atomic E-state index is 11.6. The van der Waals surface area contributed by atoms with Gasteiger partial charge < -0.3 is 10.8 Å². The Balaban J connectivity index is 2.58. The molecular weight excluding hydrogens is 190 g/mol. The average molecular weight is 205 g/mol. The number of aromatic hydroxyl groups is 1. The molecule has 3 nitrogen and oxygen atoms in total. The summed E-state index contributed by atoms with van der Waals surface area (Å²) in [6, 6.07) is 6.07. The van der Waals surface area contributed by atoms with Crippen LogP contribution in [0.5, 0.6) is 5.75 Å². The molecule has 0 aliphatic heterocycles. The van der Waals surface area contributed by atoms with Gasteiger partial charge >= 0.3 is 0 Å². The van der Waals surface area contributed by atoms with Crippen molar-refractivity contribution >= 4 is 5.78 Å². The van der Waals surface area contributed by atoms with E-state index in [0.29, 0.717) is 12.8 Å². The van der Waals surface area contributed by atoms with Crippen molar-refractivity contribution in [3.8, 4) is 5.75 Å². The smallest absolute Gasteiger partial charge is 0.154 e. The van der Waals surface area contributed by atoms with Gasteiger partial charge in [-0.2, -0.15) is 0 Å². The van der Waals surface area contributed by atoms with E-state index in [9.17, 15) is 4.79 Å². The van der Waals surface area contributed by atoms with E-state index in [2.05, 4.69) is 6.58 Å². The van der Waals surface area contributed by atoms with Gasteiger partial charge in [0.15, 0.2) is 5.78 Å². The summed E-state index contributed by atoms with van der Waals surface area (Å²) in [4.78, 5) is 11.6. The highest BCUT2D eigenvalue weighted by molar-refractivity contribution is 5.86. The molecular formula is C12H15NO2. The molecule has 0 bridgehead atoms. The fraction of sp³-hybridized carbons (Fsp3) is 0.250. The van der Waals surface area contributed by atoms with Gasteiger partial charge in [-0.15, -0.1) is 6.58 Å². The Kier molecular flexibility index (Phi) is 4.06. The van der Waals surface area contributed by atoms with Crippen molar-refractivity contribution < 1.29 is 9.90 Å². The Bertz CT molecular complexity index is 343. The second-order valence-corrected chi connectivity index (χ2v) is 3.44. The van der Waals surface area contributed by atoms with Crippen molar-refractivity contribution in [2.75, 3.05) is 0 Å². The number of phenols is 1. The molecule has 0 heterocycles. The molecule has 0 aliphatic carbocycles. The van der Waals surface area contributed by atoms with E-state index < -0.39 is 6.04 Å². The van der Waals surface area contributed by atoms with Crippen LogP contribution in [-0.4, -0.2) is 16.9 Å². The topological polar surface area (TPSA) is 63.3 Å². The summed E-state index contributed by atoms with van der Waals surface area (Å²) in [5, 5.41) is 9.06. The minimum absolute atomic E-state index is 0.0133. The van der Waals surface area contributed by atoms with Crippen LogP contribution in [0.1, 0.15) is 12.0 Å². The lowest BCUT2D eigenvalue weighted by atomic mass is 10.0. The SMILES string of the molecule is C=CCC(N)C(=O)Cc1ccc(O)cc1. The van der Waals surface area contributed by atoms with Crippen molar-refractivity contribution in [1.82, 2.24) is 0 Å². The first-order valence-electron chi connectivity index (χ1n) is 4.80. The van der Waals surface area contributed by atoms with Gasteiger partial charge in [0.25, 0.3) is 0 Å². The second-order valence-electron chi connectivity index (χ2n) is 3.44. The normalized spacial score (nSPS) is 12.1. The number of ketones is 1. The van der Waals surface area contributed by atoms with Crippen LogP contribution >= 0.6 is 0 Å². The Labute approximate surface area is 89.2 Å². The number of phenolic OH excluding ortho intramolecular Hbond substituents is 1. The van der Waals surface area contributed by atoms with Crippen LogP contribution in [0.15, 0.2) is 36.9 Å². The Morgan fingerprint density at radius 3 is 2.60 bits per heavy atom. The molecule has 1 unspecified atom stereocenters. The molecule has 0 fully saturated rings. The first kappa shape index (κ1) is 11.5. The van der Waals surface area contributed by atoms with E-state index in [1.807, 2.05) is 0 Å². The van der Waals surface area contributed by atoms with Crippen LogP contribution in [0.25, 0.3) is 0 Å². The molecule has 1 rings (SSSR count). The predicted octanol–water partition coefficient (Wildman–Crippen LogP) is 1.41. The molecule has 0 saturated carbocycles. The van der Waals surface area contributed by atoms with E-state index in [4.69, 9.17) is 10.8 Å². The summed E-state index contributed by atoms with van der Waals surface area (Å²) in [5.74, 6) is 0.183. The first-order valence-corrected chi connectivity index (χ1v) is 4.80. The number of hydrogen-bond acceptors (Lipinski definition) is 3. The quantitative estimate of drug-likeness (QED) is 0.714. The molecule has 80 valence electrons. The van der Waals surface area contributed by atoms with Crippen LogP contribution in [0.4, 0.5) is 0 Å². The fourth-order valence-electron chi connectivity index (χ4n) is 1.26. The minimum atomic E-state index is -0.476. The Morgan fingerprint density at radius 2 is 2.07 bits per heavy atom. The molecule has 0 amide bonds. The number of nitrogens with two attached hydrogens (primary N) is 1. The van der Waals surface area contributed by atoms with Gasteiger partial charge in [0.05, 0.1) is 6.04 Å². The lowest BCUT2D eigenvalue weighted by Gasteiger charge is -2.07. The van der Waals surface area contributed by atoms with E-state index >= 15 is 0 Å². The number of carbonyl (C=O) groups is 1. The number of carbonyl (C=O) groups excluding carboxylic acids is 1. The zero-order valence-electron chi connectivity index (χ0n) is 8.52. The molecule has 0 aliphatic rings. The van der Waals surface area contributed by atoms with E-state index in [1.54, 1.807) is 30.3 Å². The van der Waals surface area contributed by atoms with Crippen LogP contribution in [0.3, 0.4) is 0 Å². The molecule has 15 heavy (non-hydrogen) atoms. The minimum Gasteiger partial charge on any atom is -0.508 e. The number of Topliss-reactive ketones (excluding diaryl/α,β-unsaturated/α-hetero) is 1. The molecule has 3 N–H and O–H groups in total. The van der Waals surface area contributed by atoms with Crippen LogP contribution in [0.2, 0.25) is 0 Å². The zero-order valence-corrected chi connectivity index (χ0v) is 8.52. The van der Waals surface area contributed by atoms with Crippen molar-refractivity contribution in [3.05, 3.63) is 42.5 Å². The van der Waals surface area contributed by atoms with Crippen LogP contribution < -0.4 is 5.73 Å². The van der Waals surface area contributed by atoms with Gasteiger partial charge in [0, 0.05) is 6.42 Å².